The van der Waals surface area contributed by atoms with Crippen molar-refractivity contribution in [3.8, 4) is 0 Å². The molecular formula is C15H19N3. The molecule has 1 saturated heterocycles. The average molecular weight is 241 g/mol. The first-order valence-corrected chi connectivity index (χ1v) is 6.60. The number of hydrogen-bond acceptors (Lipinski definition) is 3. The average Bonchev–Trinajstić information content (AvgIpc) is 2.40. The summed E-state index contributed by atoms with van der Waals surface area (Å²) >= 11 is 0. The van der Waals surface area contributed by atoms with Crippen LogP contribution in [-0.4, -0.2) is 24.1 Å². The summed E-state index contributed by atoms with van der Waals surface area (Å²) in [4.78, 5) is 6.95. The lowest BCUT2D eigenvalue weighted by molar-refractivity contribution is 0.499. The van der Waals surface area contributed by atoms with Gasteiger partial charge in [0.15, 0.2) is 0 Å². The number of piperidine rings is 1. The fourth-order valence-corrected chi connectivity index (χ4v) is 2.71. The second kappa shape index (κ2) is 4.58. The molecule has 0 aliphatic carbocycles. The molecule has 3 rings (SSSR count). The molecule has 0 bridgehead atoms. The van der Waals surface area contributed by atoms with Gasteiger partial charge in [-0.1, -0.05) is 18.2 Å². The Bertz CT molecular complexity index is 557. The first-order valence-electron chi connectivity index (χ1n) is 6.60. The third kappa shape index (κ3) is 1.95. The highest BCUT2D eigenvalue weighted by atomic mass is 15.2. The van der Waals surface area contributed by atoms with Crippen molar-refractivity contribution in [3.63, 3.8) is 0 Å². The van der Waals surface area contributed by atoms with E-state index in [1.54, 1.807) is 0 Å². The van der Waals surface area contributed by atoms with Gasteiger partial charge in [-0.25, -0.2) is 4.98 Å². The van der Waals surface area contributed by atoms with E-state index in [-0.39, 0.29) is 0 Å². The van der Waals surface area contributed by atoms with Crippen LogP contribution >= 0.6 is 0 Å². The van der Waals surface area contributed by atoms with Crippen LogP contribution in [0.2, 0.25) is 0 Å². The van der Waals surface area contributed by atoms with Gasteiger partial charge in [-0.3, -0.25) is 0 Å². The Labute approximate surface area is 108 Å². The molecule has 0 saturated carbocycles. The van der Waals surface area contributed by atoms with Crippen molar-refractivity contribution in [1.29, 1.82) is 0 Å². The lowest BCUT2D eigenvalue weighted by Crippen LogP contribution is -2.40. The van der Waals surface area contributed by atoms with Crippen LogP contribution in [0, 0.1) is 6.92 Å². The van der Waals surface area contributed by atoms with Crippen molar-refractivity contribution in [2.24, 2.45) is 5.73 Å². The van der Waals surface area contributed by atoms with E-state index in [1.165, 1.54) is 16.3 Å². The Hall–Kier alpha value is -1.61. The second-order valence-corrected chi connectivity index (χ2v) is 5.13. The maximum Gasteiger partial charge on any atom is 0.136 e. The van der Waals surface area contributed by atoms with Crippen LogP contribution in [0.4, 0.5) is 5.82 Å². The molecule has 2 aromatic rings. The van der Waals surface area contributed by atoms with Crippen LogP contribution in [0.15, 0.2) is 30.5 Å². The summed E-state index contributed by atoms with van der Waals surface area (Å²) in [5, 5.41) is 2.56. The number of hydrogen-bond donors (Lipinski definition) is 1. The molecule has 0 spiro atoms. The third-order valence-corrected chi connectivity index (χ3v) is 3.84. The smallest absolute Gasteiger partial charge is 0.136 e. The van der Waals surface area contributed by atoms with Crippen LogP contribution in [-0.2, 0) is 0 Å². The van der Waals surface area contributed by atoms with Gasteiger partial charge in [0.25, 0.3) is 0 Å². The number of nitrogens with two attached hydrogens (primary N) is 1. The van der Waals surface area contributed by atoms with Crippen LogP contribution in [0.25, 0.3) is 10.8 Å². The summed E-state index contributed by atoms with van der Waals surface area (Å²) in [5.41, 5.74) is 7.27. The van der Waals surface area contributed by atoms with Gasteiger partial charge in [0, 0.05) is 30.7 Å². The molecule has 0 unspecified atom stereocenters. The maximum atomic E-state index is 5.96. The zero-order valence-electron chi connectivity index (χ0n) is 10.8. The van der Waals surface area contributed by atoms with Gasteiger partial charge >= 0.3 is 0 Å². The molecule has 3 nitrogen and oxygen atoms in total. The Balaban J connectivity index is 2.04. The molecule has 0 radical (unpaired) electrons. The molecule has 1 aliphatic rings. The van der Waals surface area contributed by atoms with Crippen molar-refractivity contribution in [1.82, 2.24) is 4.98 Å². The predicted molar refractivity (Wildman–Crippen MR) is 75.9 cm³/mol. The van der Waals surface area contributed by atoms with Crippen LogP contribution < -0.4 is 10.6 Å². The molecule has 0 amide bonds. The zero-order chi connectivity index (χ0) is 12.5. The van der Waals surface area contributed by atoms with Crippen molar-refractivity contribution in [3.05, 3.63) is 36.0 Å². The second-order valence-electron chi connectivity index (χ2n) is 5.13. The topological polar surface area (TPSA) is 42.1 Å². The molecular weight excluding hydrogens is 222 g/mol. The van der Waals surface area contributed by atoms with E-state index in [0.717, 1.165) is 31.7 Å². The van der Waals surface area contributed by atoms with Crippen molar-refractivity contribution in [2.45, 2.75) is 25.8 Å². The largest absolute Gasteiger partial charge is 0.356 e. The minimum Gasteiger partial charge on any atom is -0.356 e. The van der Waals surface area contributed by atoms with Crippen LogP contribution in [0.3, 0.4) is 0 Å². The summed E-state index contributed by atoms with van der Waals surface area (Å²) in [6, 6.07) is 8.89. The van der Waals surface area contributed by atoms with Crippen molar-refractivity contribution in [2.75, 3.05) is 18.0 Å². The summed E-state index contributed by atoms with van der Waals surface area (Å²) < 4.78 is 0. The SMILES string of the molecule is Cc1cccc2c(N3CCC(N)CC3)nccc12. The molecule has 2 heterocycles. The van der Waals surface area contributed by atoms with E-state index in [0.29, 0.717) is 6.04 Å². The Kier molecular flexibility index (Phi) is 2.92. The molecule has 1 aromatic carbocycles. The van der Waals surface area contributed by atoms with Gasteiger partial charge in [0.05, 0.1) is 0 Å². The fourth-order valence-electron chi connectivity index (χ4n) is 2.71. The number of fused-ring (bicyclic) bond motifs is 1. The Morgan fingerprint density at radius 3 is 2.72 bits per heavy atom. The highest BCUT2D eigenvalue weighted by molar-refractivity contribution is 5.94. The quantitative estimate of drug-likeness (QED) is 0.834. The lowest BCUT2D eigenvalue weighted by Gasteiger charge is -2.31. The number of anilines is 1. The lowest BCUT2D eigenvalue weighted by atomic mass is 10.0. The first kappa shape index (κ1) is 11.5. The minimum atomic E-state index is 0.359. The molecule has 3 heteroatoms. The predicted octanol–water partition coefficient (Wildman–Crippen LogP) is 2.47. The van der Waals surface area contributed by atoms with Gasteiger partial charge in [-0.15, -0.1) is 0 Å². The van der Waals surface area contributed by atoms with E-state index >= 15 is 0 Å². The van der Waals surface area contributed by atoms with E-state index in [9.17, 15) is 0 Å². The van der Waals surface area contributed by atoms with E-state index in [1.807, 2.05) is 6.20 Å². The minimum absolute atomic E-state index is 0.359. The van der Waals surface area contributed by atoms with E-state index in [2.05, 4.69) is 41.1 Å². The van der Waals surface area contributed by atoms with Crippen molar-refractivity contribution >= 4 is 16.6 Å². The maximum absolute atomic E-state index is 5.96. The van der Waals surface area contributed by atoms with Crippen molar-refractivity contribution < 1.29 is 0 Å². The Morgan fingerprint density at radius 2 is 1.94 bits per heavy atom. The highest BCUT2D eigenvalue weighted by Crippen LogP contribution is 2.28. The highest BCUT2D eigenvalue weighted by Gasteiger charge is 2.18. The normalized spacial score (nSPS) is 17.3. The van der Waals surface area contributed by atoms with Gasteiger partial charge in [0.2, 0.25) is 0 Å². The number of rotatable bonds is 1. The zero-order valence-corrected chi connectivity index (χ0v) is 10.8. The standard InChI is InChI=1S/C15H19N3/c1-11-3-2-4-14-13(11)5-8-17-15(14)18-9-6-12(16)7-10-18/h2-5,8,12H,6-7,9-10,16H2,1H3. The molecule has 1 fully saturated rings. The summed E-state index contributed by atoms with van der Waals surface area (Å²) in [5.74, 6) is 1.11. The fraction of sp³-hybridized carbons (Fsp3) is 0.400. The third-order valence-electron chi connectivity index (χ3n) is 3.84. The van der Waals surface area contributed by atoms with Crippen LogP contribution in [0.5, 0.6) is 0 Å². The number of nitrogens with zero attached hydrogens (tertiary/aromatic N) is 2. The number of aryl methyl sites for hydroxylation is 1. The first-order chi connectivity index (χ1) is 8.75. The summed E-state index contributed by atoms with van der Waals surface area (Å²) in [6.45, 7) is 4.18. The van der Waals surface area contributed by atoms with Gasteiger partial charge in [0.1, 0.15) is 5.82 Å². The van der Waals surface area contributed by atoms with Gasteiger partial charge in [-0.05, 0) is 36.8 Å². The van der Waals surface area contributed by atoms with Gasteiger partial charge < -0.3 is 10.6 Å². The van der Waals surface area contributed by atoms with Crippen LogP contribution in [0.1, 0.15) is 18.4 Å². The number of benzene rings is 1. The molecule has 1 aliphatic heterocycles. The molecule has 94 valence electrons. The number of pyridine rings is 1. The Morgan fingerprint density at radius 1 is 1.17 bits per heavy atom. The summed E-state index contributed by atoms with van der Waals surface area (Å²) in [6.07, 6.45) is 4.03. The summed E-state index contributed by atoms with van der Waals surface area (Å²) in [7, 11) is 0. The monoisotopic (exact) mass is 241 g/mol. The molecule has 2 N–H and O–H groups in total. The number of aromatic nitrogens is 1. The molecule has 0 atom stereocenters. The molecule has 1 aromatic heterocycles. The van der Waals surface area contributed by atoms with Gasteiger partial charge in [-0.2, -0.15) is 0 Å². The van der Waals surface area contributed by atoms with E-state index < -0.39 is 0 Å². The molecule has 18 heavy (non-hydrogen) atoms. The van der Waals surface area contributed by atoms with E-state index in [4.69, 9.17) is 5.73 Å².